The van der Waals surface area contributed by atoms with Gasteiger partial charge < -0.3 is 25.4 Å². The lowest BCUT2D eigenvalue weighted by molar-refractivity contribution is -0.145. The van der Waals surface area contributed by atoms with Crippen LogP contribution in [-0.4, -0.2) is 80.2 Å². The molecule has 3 aliphatic heterocycles. The molecule has 0 saturated carbocycles. The van der Waals surface area contributed by atoms with Gasteiger partial charge in [-0.05, 0) is 31.9 Å². The molecule has 11 nitrogen and oxygen atoms in total. The Labute approximate surface area is 184 Å². The normalized spacial score (nSPS) is 31.7. The molecule has 1 aromatic carbocycles. The lowest BCUT2D eigenvalue weighted by atomic mass is 9.70. The van der Waals surface area contributed by atoms with E-state index in [0.717, 1.165) is 5.52 Å². The van der Waals surface area contributed by atoms with Crippen molar-refractivity contribution in [3.63, 3.8) is 0 Å². The van der Waals surface area contributed by atoms with E-state index >= 15 is 0 Å². The molecule has 32 heavy (non-hydrogen) atoms. The number of likely N-dealkylation sites (tertiary alicyclic amines) is 1. The Morgan fingerprint density at radius 1 is 1.34 bits per heavy atom. The fourth-order valence-electron chi connectivity index (χ4n) is 5.70. The molecular weight excluding hydrogens is 416 g/mol. The van der Waals surface area contributed by atoms with Gasteiger partial charge in [0.05, 0.1) is 36.1 Å². The predicted octanol–water partition coefficient (Wildman–Crippen LogP) is -0.994. The molecule has 3 amide bonds. The molecule has 1 aromatic heterocycles. The second-order valence-corrected chi connectivity index (χ2v) is 8.72. The van der Waals surface area contributed by atoms with Crippen molar-refractivity contribution in [1.82, 2.24) is 30.5 Å². The van der Waals surface area contributed by atoms with E-state index in [1.165, 1.54) is 11.9 Å². The third kappa shape index (κ3) is 2.77. The van der Waals surface area contributed by atoms with Crippen molar-refractivity contribution < 1.29 is 24.2 Å². The molecule has 3 saturated heterocycles. The number of amides is 3. The zero-order valence-electron chi connectivity index (χ0n) is 17.9. The molecule has 0 radical (unpaired) electrons. The van der Waals surface area contributed by atoms with Gasteiger partial charge in [0.2, 0.25) is 17.7 Å². The summed E-state index contributed by atoms with van der Waals surface area (Å²) >= 11 is 0. The van der Waals surface area contributed by atoms with Crippen LogP contribution in [0.1, 0.15) is 19.8 Å². The van der Waals surface area contributed by atoms with Crippen LogP contribution in [0, 0.1) is 11.8 Å². The Morgan fingerprint density at radius 2 is 2.12 bits per heavy atom. The van der Waals surface area contributed by atoms with Gasteiger partial charge in [0.15, 0.2) is 0 Å². The number of benzene rings is 1. The molecular formula is C21H26N6O5. The molecule has 11 heteroatoms. The first kappa shape index (κ1) is 20.8. The summed E-state index contributed by atoms with van der Waals surface area (Å²) in [6.07, 6.45) is 0.700. The van der Waals surface area contributed by atoms with E-state index in [1.807, 2.05) is 24.3 Å². The highest BCUT2D eigenvalue weighted by Crippen LogP contribution is 2.58. The molecule has 5 rings (SSSR count). The van der Waals surface area contributed by atoms with Crippen LogP contribution in [-0.2, 0) is 25.8 Å². The SMILES string of the molecule is CNC(=O)[C@@H]1[C@H]2C(=O)N([C@H](C)CO)C(C(=O)NCn3nnc4ccccc43)C23CC[C@H]1O3. The van der Waals surface area contributed by atoms with Crippen molar-refractivity contribution in [3.05, 3.63) is 24.3 Å². The summed E-state index contributed by atoms with van der Waals surface area (Å²) in [6, 6.07) is 5.85. The van der Waals surface area contributed by atoms with E-state index < -0.39 is 41.5 Å². The Kier molecular flexibility index (Phi) is 4.90. The summed E-state index contributed by atoms with van der Waals surface area (Å²) in [5, 5.41) is 23.5. The minimum Gasteiger partial charge on any atom is -0.394 e. The molecule has 3 fully saturated rings. The van der Waals surface area contributed by atoms with Gasteiger partial charge in [0, 0.05) is 7.05 Å². The highest BCUT2D eigenvalue weighted by molar-refractivity contribution is 5.99. The highest BCUT2D eigenvalue weighted by atomic mass is 16.5. The minimum atomic E-state index is -1.09. The van der Waals surface area contributed by atoms with Crippen molar-refractivity contribution in [1.29, 1.82) is 0 Å². The Bertz CT molecular complexity index is 1090. The second-order valence-electron chi connectivity index (χ2n) is 8.72. The van der Waals surface area contributed by atoms with E-state index in [4.69, 9.17) is 4.74 Å². The van der Waals surface area contributed by atoms with Crippen molar-refractivity contribution >= 4 is 28.8 Å². The molecule has 2 bridgehead atoms. The first-order valence-electron chi connectivity index (χ1n) is 10.8. The number of hydrogen-bond donors (Lipinski definition) is 3. The van der Waals surface area contributed by atoms with Gasteiger partial charge in [-0.15, -0.1) is 5.10 Å². The number of aliphatic hydroxyl groups excluding tert-OH is 1. The van der Waals surface area contributed by atoms with E-state index in [1.54, 1.807) is 11.6 Å². The van der Waals surface area contributed by atoms with Gasteiger partial charge in [-0.2, -0.15) is 0 Å². The maximum Gasteiger partial charge on any atom is 0.247 e. The largest absolute Gasteiger partial charge is 0.394 e. The van der Waals surface area contributed by atoms with Crippen molar-refractivity contribution in [2.45, 2.75) is 50.2 Å². The number of hydrogen-bond acceptors (Lipinski definition) is 7. The minimum absolute atomic E-state index is 0.0639. The highest BCUT2D eigenvalue weighted by Gasteiger charge is 2.74. The second kappa shape index (κ2) is 7.52. The van der Waals surface area contributed by atoms with E-state index in [9.17, 15) is 19.5 Å². The van der Waals surface area contributed by atoms with Gasteiger partial charge in [-0.25, -0.2) is 4.68 Å². The zero-order valence-corrected chi connectivity index (χ0v) is 17.9. The van der Waals surface area contributed by atoms with Gasteiger partial charge in [-0.1, -0.05) is 17.3 Å². The molecule has 0 aliphatic carbocycles. The van der Waals surface area contributed by atoms with Crippen LogP contribution in [0.3, 0.4) is 0 Å². The molecule has 6 atom stereocenters. The number of fused-ring (bicyclic) bond motifs is 2. The van der Waals surface area contributed by atoms with E-state index in [0.29, 0.717) is 18.4 Å². The van der Waals surface area contributed by atoms with Crippen LogP contribution >= 0.6 is 0 Å². The van der Waals surface area contributed by atoms with Gasteiger partial charge in [0.25, 0.3) is 0 Å². The number of nitrogens with zero attached hydrogens (tertiary/aromatic N) is 4. The van der Waals surface area contributed by atoms with Crippen molar-refractivity contribution in [2.24, 2.45) is 11.8 Å². The summed E-state index contributed by atoms with van der Waals surface area (Å²) in [6.45, 7) is 1.44. The molecule has 170 valence electrons. The van der Waals surface area contributed by atoms with E-state index in [-0.39, 0.29) is 25.1 Å². The number of aliphatic hydroxyl groups is 1. The van der Waals surface area contributed by atoms with Crippen LogP contribution in [0.25, 0.3) is 11.0 Å². The number of aromatic nitrogens is 3. The van der Waals surface area contributed by atoms with Crippen LogP contribution in [0.4, 0.5) is 0 Å². The Morgan fingerprint density at radius 3 is 2.88 bits per heavy atom. The summed E-state index contributed by atoms with van der Waals surface area (Å²) in [4.78, 5) is 41.0. The first-order valence-corrected chi connectivity index (χ1v) is 10.8. The molecule has 3 N–H and O–H groups in total. The average molecular weight is 442 g/mol. The topological polar surface area (TPSA) is 139 Å². The molecule has 1 spiro atoms. The standard InChI is InChI=1S/C21H26N6O5/c1-11(9-28)27-17(19(30)23-10-26-13-6-4-3-5-12(13)24-25-26)21-8-7-14(32-21)15(18(29)22-2)16(21)20(27)31/h3-6,11,14-17,28H,7-10H2,1-2H3,(H,22,29)(H,23,30)/t11-,14-,15+,16+,17?,21?/m1/s1. The molecule has 2 aromatic rings. The number of nitrogens with one attached hydrogen (secondary N) is 2. The summed E-state index contributed by atoms with van der Waals surface area (Å²) < 4.78 is 7.82. The third-order valence-electron chi connectivity index (χ3n) is 7.10. The van der Waals surface area contributed by atoms with E-state index in [2.05, 4.69) is 20.9 Å². The Balaban J connectivity index is 1.46. The summed E-state index contributed by atoms with van der Waals surface area (Å²) in [5.74, 6) is -2.39. The lowest BCUT2D eigenvalue weighted by Crippen LogP contribution is -2.57. The van der Waals surface area contributed by atoms with Crippen LogP contribution in [0.2, 0.25) is 0 Å². The maximum absolute atomic E-state index is 13.5. The Hall–Kier alpha value is -3.05. The van der Waals surface area contributed by atoms with Gasteiger partial charge in [0.1, 0.15) is 23.8 Å². The number of carbonyl (C=O) groups excluding carboxylic acids is 3. The summed E-state index contributed by atoms with van der Waals surface area (Å²) in [5.41, 5.74) is 0.388. The summed E-state index contributed by atoms with van der Waals surface area (Å²) in [7, 11) is 1.53. The lowest BCUT2D eigenvalue weighted by Gasteiger charge is -2.35. The van der Waals surface area contributed by atoms with Crippen molar-refractivity contribution in [3.8, 4) is 0 Å². The smallest absolute Gasteiger partial charge is 0.247 e. The van der Waals surface area contributed by atoms with Gasteiger partial charge in [-0.3, -0.25) is 14.4 Å². The number of para-hydroxylation sites is 1. The number of ether oxygens (including phenoxy) is 1. The molecule has 3 aliphatic rings. The average Bonchev–Trinajstić information content (AvgIpc) is 3.55. The molecule has 2 unspecified atom stereocenters. The maximum atomic E-state index is 13.5. The van der Waals surface area contributed by atoms with Crippen LogP contribution in [0.15, 0.2) is 24.3 Å². The van der Waals surface area contributed by atoms with Crippen LogP contribution in [0.5, 0.6) is 0 Å². The number of carbonyl (C=O) groups is 3. The van der Waals surface area contributed by atoms with Crippen LogP contribution < -0.4 is 10.6 Å². The quantitative estimate of drug-likeness (QED) is 0.522. The van der Waals surface area contributed by atoms with Gasteiger partial charge >= 0.3 is 0 Å². The predicted molar refractivity (Wildman–Crippen MR) is 111 cm³/mol. The monoisotopic (exact) mass is 442 g/mol. The first-order chi connectivity index (χ1) is 15.4. The third-order valence-corrected chi connectivity index (χ3v) is 7.10. The molecule has 4 heterocycles. The zero-order chi connectivity index (χ0) is 22.6. The van der Waals surface area contributed by atoms with Crippen molar-refractivity contribution in [2.75, 3.05) is 13.7 Å². The number of rotatable bonds is 6. The fourth-order valence-corrected chi connectivity index (χ4v) is 5.70. The fraction of sp³-hybridized carbons (Fsp3) is 0.571.